The summed E-state index contributed by atoms with van der Waals surface area (Å²) in [5.74, 6) is -0.247. The Bertz CT molecular complexity index is 871. The van der Waals surface area contributed by atoms with E-state index in [0.29, 0.717) is 5.56 Å². The van der Waals surface area contributed by atoms with E-state index in [9.17, 15) is 9.90 Å². The average Bonchev–Trinajstić information content (AvgIpc) is 2.63. The molecule has 2 heterocycles. The van der Waals surface area contributed by atoms with Gasteiger partial charge in [0.05, 0.1) is 0 Å². The first kappa shape index (κ1) is 15.6. The van der Waals surface area contributed by atoms with Gasteiger partial charge in [-0.1, -0.05) is 30.3 Å². The van der Waals surface area contributed by atoms with Gasteiger partial charge in [0.25, 0.3) is 5.70 Å². The molecule has 1 aromatic carbocycles. The second kappa shape index (κ2) is 6.87. The summed E-state index contributed by atoms with van der Waals surface area (Å²) in [7, 11) is 0. The molecule has 2 aromatic heterocycles. The number of rotatable bonds is 4. The van der Waals surface area contributed by atoms with Gasteiger partial charge in [-0.15, -0.1) is 0 Å². The zero-order chi connectivity index (χ0) is 16.9. The topological polar surface area (TPSA) is 54.1 Å². The Hall–Kier alpha value is -3.27. The number of hydrogen-bond donors (Lipinski definition) is 1. The van der Waals surface area contributed by atoms with Crippen LogP contribution in [-0.2, 0) is 4.79 Å². The van der Waals surface area contributed by atoms with E-state index in [1.54, 1.807) is 41.5 Å². The normalized spacial score (nSPS) is 11.7. The van der Waals surface area contributed by atoms with Crippen LogP contribution in [0.25, 0.3) is 22.6 Å². The highest BCUT2D eigenvalue weighted by atomic mass is 16.3. The van der Waals surface area contributed by atoms with E-state index >= 15 is 0 Å². The van der Waals surface area contributed by atoms with Gasteiger partial charge >= 0.3 is 0 Å². The number of aromatic nitrogens is 2. The van der Waals surface area contributed by atoms with Crippen LogP contribution in [0.3, 0.4) is 0 Å². The van der Waals surface area contributed by atoms with Gasteiger partial charge in [0.15, 0.2) is 18.2 Å². The fraction of sp³-hybridized carbons (Fsp3) is 0.0500. The minimum absolute atomic E-state index is 0.0373. The molecular formula is C20H17N2O2+. The molecule has 0 amide bonds. The third-order valence-corrected chi connectivity index (χ3v) is 3.71. The predicted octanol–water partition coefficient (Wildman–Crippen LogP) is 3.51. The van der Waals surface area contributed by atoms with Gasteiger partial charge in [0.1, 0.15) is 0 Å². The molecule has 0 saturated heterocycles. The SMILES string of the molecule is CC(=O)/C(=C(/O)c1ccccc1)[n+]1ccc(-c2ccncc2)cc1. The molecule has 118 valence electrons. The molecule has 3 aromatic rings. The first-order valence-corrected chi connectivity index (χ1v) is 7.58. The zero-order valence-corrected chi connectivity index (χ0v) is 13.3. The Kier molecular flexibility index (Phi) is 4.47. The van der Waals surface area contributed by atoms with Gasteiger partial charge in [-0.05, 0) is 23.3 Å². The van der Waals surface area contributed by atoms with Crippen LogP contribution in [0.1, 0.15) is 12.5 Å². The minimum atomic E-state index is -0.210. The largest absolute Gasteiger partial charge is 0.502 e. The molecular weight excluding hydrogens is 300 g/mol. The lowest BCUT2D eigenvalue weighted by atomic mass is 10.1. The third-order valence-electron chi connectivity index (χ3n) is 3.71. The molecule has 0 aliphatic carbocycles. The van der Waals surface area contributed by atoms with Crippen LogP contribution < -0.4 is 4.57 Å². The lowest BCUT2D eigenvalue weighted by molar-refractivity contribution is -0.577. The van der Waals surface area contributed by atoms with Gasteiger partial charge in [0, 0.05) is 37.0 Å². The zero-order valence-electron chi connectivity index (χ0n) is 13.3. The Morgan fingerprint density at radius 3 is 2.08 bits per heavy atom. The smallest absolute Gasteiger partial charge is 0.296 e. The number of carbonyl (C=O) groups is 1. The Balaban J connectivity index is 2.03. The lowest BCUT2D eigenvalue weighted by Crippen LogP contribution is -2.35. The van der Waals surface area contributed by atoms with Gasteiger partial charge < -0.3 is 5.11 Å². The lowest BCUT2D eigenvalue weighted by Gasteiger charge is -2.05. The molecule has 1 N–H and O–H groups in total. The van der Waals surface area contributed by atoms with Gasteiger partial charge in [0.2, 0.25) is 5.78 Å². The van der Waals surface area contributed by atoms with E-state index in [0.717, 1.165) is 11.1 Å². The average molecular weight is 317 g/mol. The van der Waals surface area contributed by atoms with Crippen LogP contribution in [0.4, 0.5) is 0 Å². The van der Waals surface area contributed by atoms with Crippen molar-refractivity contribution >= 4 is 17.2 Å². The maximum atomic E-state index is 12.1. The summed E-state index contributed by atoms with van der Waals surface area (Å²) in [6, 6.07) is 16.7. The van der Waals surface area contributed by atoms with Crippen LogP contribution in [0.2, 0.25) is 0 Å². The Labute approximate surface area is 140 Å². The van der Waals surface area contributed by atoms with Gasteiger partial charge in [-0.25, -0.2) is 0 Å². The molecule has 0 spiro atoms. The van der Waals surface area contributed by atoms with Crippen LogP contribution >= 0.6 is 0 Å². The summed E-state index contributed by atoms with van der Waals surface area (Å²) in [6.45, 7) is 1.44. The van der Waals surface area contributed by atoms with Crippen molar-refractivity contribution in [2.75, 3.05) is 0 Å². The monoisotopic (exact) mass is 317 g/mol. The van der Waals surface area contributed by atoms with E-state index in [4.69, 9.17) is 0 Å². The van der Waals surface area contributed by atoms with Crippen LogP contribution in [0, 0.1) is 0 Å². The maximum absolute atomic E-state index is 12.1. The number of carbonyl (C=O) groups excluding carboxylic acids is 1. The predicted molar refractivity (Wildman–Crippen MR) is 92.7 cm³/mol. The molecule has 4 nitrogen and oxygen atoms in total. The number of ketones is 1. The summed E-state index contributed by atoms with van der Waals surface area (Å²) >= 11 is 0. The van der Waals surface area contributed by atoms with E-state index in [2.05, 4.69) is 4.98 Å². The number of Topliss-reactive ketones (excluding diaryl/α,β-unsaturated/α-hetero) is 1. The highest BCUT2D eigenvalue weighted by molar-refractivity contribution is 6.16. The van der Waals surface area contributed by atoms with Crippen molar-refractivity contribution in [1.82, 2.24) is 4.98 Å². The molecule has 0 aliphatic heterocycles. The number of hydrogen-bond acceptors (Lipinski definition) is 3. The third kappa shape index (κ3) is 3.22. The highest BCUT2D eigenvalue weighted by Gasteiger charge is 2.23. The molecule has 0 radical (unpaired) electrons. The fourth-order valence-corrected chi connectivity index (χ4v) is 2.52. The molecule has 0 fully saturated rings. The van der Waals surface area contributed by atoms with Crippen molar-refractivity contribution in [3.63, 3.8) is 0 Å². The number of benzene rings is 1. The van der Waals surface area contributed by atoms with Crippen molar-refractivity contribution < 1.29 is 14.5 Å². The van der Waals surface area contributed by atoms with Crippen molar-refractivity contribution in [3.8, 4) is 11.1 Å². The summed E-state index contributed by atoms with van der Waals surface area (Å²) in [6.07, 6.45) is 7.01. The second-order valence-corrected chi connectivity index (χ2v) is 5.35. The number of nitrogens with zero attached hydrogens (tertiary/aromatic N) is 2. The van der Waals surface area contributed by atoms with E-state index < -0.39 is 0 Å². The Morgan fingerprint density at radius 1 is 0.917 bits per heavy atom. The molecule has 0 bridgehead atoms. The van der Waals surface area contributed by atoms with Crippen molar-refractivity contribution in [2.24, 2.45) is 0 Å². The number of aliphatic hydroxyl groups is 1. The standard InChI is InChI=1S/C20H16N2O2/c1-15(23)19(20(24)18-5-3-2-4-6-18)22-13-9-17(10-14-22)16-7-11-21-12-8-16/h2-14H,1H3/p+1. The van der Waals surface area contributed by atoms with Crippen molar-refractivity contribution in [3.05, 3.63) is 84.9 Å². The van der Waals surface area contributed by atoms with Crippen LogP contribution in [-0.4, -0.2) is 15.9 Å². The summed E-state index contributed by atoms with van der Waals surface area (Å²) in [4.78, 5) is 16.1. The maximum Gasteiger partial charge on any atom is 0.296 e. The van der Waals surface area contributed by atoms with E-state index in [1.165, 1.54) is 6.92 Å². The van der Waals surface area contributed by atoms with E-state index in [1.807, 2.05) is 42.5 Å². The summed E-state index contributed by atoms with van der Waals surface area (Å²) in [5, 5.41) is 10.5. The second-order valence-electron chi connectivity index (χ2n) is 5.35. The molecule has 3 rings (SSSR count). The fourth-order valence-electron chi connectivity index (χ4n) is 2.52. The first-order valence-electron chi connectivity index (χ1n) is 7.58. The molecule has 0 aliphatic rings. The summed E-state index contributed by atoms with van der Waals surface area (Å²) < 4.78 is 1.63. The minimum Gasteiger partial charge on any atom is -0.502 e. The first-order chi connectivity index (χ1) is 11.7. The van der Waals surface area contributed by atoms with Crippen molar-refractivity contribution in [1.29, 1.82) is 0 Å². The number of aliphatic hydroxyl groups excluding tert-OH is 1. The molecule has 0 saturated carbocycles. The van der Waals surface area contributed by atoms with E-state index in [-0.39, 0.29) is 17.2 Å². The molecule has 0 atom stereocenters. The quantitative estimate of drug-likeness (QED) is 0.455. The number of pyridine rings is 2. The van der Waals surface area contributed by atoms with Gasteiger partial charge in [-0.2, -0.15) is 4.57 Å². The number of allylic oxidation sites excluding steroid dienone is 1. The van der Waals surface area contributed by atoms with Crippen molar-refractivity contribution in [2.45, 2.75) is 6.92 Å². The highest BCUT2D eigenvalue weighted by Crippen LogP contribution is 2.19. The molecule has 24 heavy (non-hydrogen) atoms. The van der Waals surface area contributed by atoms with Gasteiger partial charge in [-0.3, -0.25) is 9.78 Å². The molecule has 4 heteroatoms. The molecule has 0 unspecified atom stereocenters. The summed E-state index contributed by atoms with van der Waals surface area (Å²) in [5.41, 5.74) is 2.89. The Morgan fingerprint density at radius 2 is 1.50 bits per heavy atom. The van der Waals surface area contributed by atoms with Crippen LogP contribution in [0.5, 0.6) is 0 Å². The van der Waals surface area contributed by atoms with Crippen LogP contribution in [0.15, 0.2) is 79.4 Å².